The first-order chi connectivity index (χ1) is 17.6. The van der Waals surface area contributed by atoms with Crippen LogP contribution >= 0.6 is 0 Å². The zero-order valence-electron chi connectivity index (χ0n) is 20.3. The van der Waals surface area contributed by atoms with Crippen LogP contribution in [0.5, 0.6) is 5.88 Å². The van der Waals surface area contributed by atoms with E-state index in [0.717, 1.165) is 52.0 Å². The van der Waals surface area contributed by atoms with Crippen molar-refractivity contribution in [1.29, 1.82) is 0 Å². The fourth-order valence-corrected chi connectivity index (χ4v) is 5.02. The third-order valence-electron chi connectivity index (χ3n) is 6.86. The second kappa shape index (κ2) is 9.22. The monoisotopic (exact) mass is 480 g/mol. The van der Waals surface area contributed by atoms with Gasteiger partial charge in [-0.3, -0.25) is 4.98 Å². The Hall–Kier alpha value is -4.01. The van der Waals surface area contributed by atoms with Crippen molar-refractivity contribution in [1.82, 2.24) is 24.8 Å². The molecule has 0 saturated carbocycles. The van der Waals surface area contributed by atoms with Crippen LogP contribution in [0.3, 0.4) is 0 Å². The number of ether oxygens (including phenoxy) is 2. The fourth-order valence-electron chi connectivity index (χ4n) is 5.02. The number of hydrogen-bond acceptors (Lipinski definition) is 7. The van der Waals surface area contributed by atoms with Crippen molar-refractivity contribution in [3.05, 3.63) is 78.4 Å². The predicted molar refractivity (Wildman–Crippen MR) is 141 cm³/mol. The van der Waals surface area contributed by atoms with E-state index in [0.29, 0.717) is 18.2 Å². The van der Waals surface area contributed by atoms with Crippen LogP contribution in [-0.4, -0.2) is 52.4 Å². The van der Waals surface area contributed by atoms with Crippen LogP contribution in [0, 0.1) is 0 Å². The minimum atomic E-state index is -0.145. The lowest BCUT2D eigenvalue weighted by atomic mass is 9.90. The lowest BCUT2D eigenvalue weighted by Gasteiger charge is -2.31. The normalized spacial score (nSPS) is 16.9. The third-order valence-corrected chi connectivity index (χ3v) is 6.86. The van der Waals surface area contributed by atoms with E-state index in [4.69, 9.17) is 25.2 Å². The van der Waals surface area contributed by atoms with Crippen LogP contribution in [0.1, 0.15) is 17.2 Å². The Kier molecular flexibility index (Phi) is 5.75. The molecular weight excluding hydrogens is 452 g/mol. The van der Waals surface area contributed by atoms with E-state index in [2.05, 4.69) is 45.3 Å². The smallest absolute Gasteiger partial charge is 0.212 e. The molecule has 1 fully saturated rings. The number of nitrogens with zero attached hydrogens (tertiary/aromatic N) is 4. The zero-order valence-corrected chi connectivity index (χ0v) is 20.3. The van der Waals surface area contributed by atoms with Gasteiger partial charge in [0, 0.05) is 61.6 Å². The van der Waals surface area contributed by atoms with E-state index in [1.54, 1.807) is 7.11 Å². The molecule has 1 unspecified atom stereocenters. The molecule has 8 nitrogen and oxygen atoms in total. The van der Waals surface area contributed by atoms with E-state index < -0.39 is 0 Å². The van der Waals surface area contributed by atoms with Crippen molar-refractivity contribution in [2.24, 2.45) is 7.05 Å². The topological polar surface area (TPSA) is 100 Å². The van der Waals surface area contributed by atoms with Crippen LogP contribution in [0.25, 0.3) is 33.1 Å². The summed E-state index contributed by atoms with van der Waals surface area (Å²) in [7, 11) is 3.66. The molecule has 3 aromatic heterocycles. The van der Waals surface area contributed by atoms with Gasteiger partial charge >= 0.3 is 0 Å². The summed E-state index contributed by atoms with van der Waals surface area (Å²) in [6, 6.07) is 16.3. The molecule has 0 spiro atoms. The number of benzene rings is 2. The maximum absolute atomic E-state index is 6.30. The first kappa shape index (κ1) is 22.5. The number of nitrogen functional groups attached to an aromatic ring is 1. The minimum Gasteiger partial charge on any atom is -0.481 e. The first-order valence-electron chi connectivity index (χ1n) is 12.0. The van der Waals surface area contributed by atoms with E-state index >= 15 is 0 Å². The Balaban J connectivity index is 1.51. The second-order valence-electron chi connectivity index (χ2n) is 9.16. The highest BCUT2D eigenvalue weighted by Gasteiger charge is 2.30. The molecule has 182 valence electrons. The van der Waals surface area contributed by atoms with Gasteiger partial charge in [-0.15, -0.1) is 0 Å². The van der Waals surface area contributed by atoms with Crippen LogP contribution in [-0.2, 0) is 11.8 Å². The van der Waals surface area contributed by atoms with Crippen molar-refractivity contribution < 1.29 is 9.47 Å². The van der Waals surface area contributed by atoms with Gasteiger partial charge in [0.05, 0.1) is 42.5 Å². The summed E-state index contributed by atoms with van der Waals surface area (Å²) in [6.07, 6.45) is 5.63. The lowest BCUT2D eigenvalue weighted by molar-refractivity contribution is 0.0179. The Labute approximate surface area is 209 Å². The largest absolute Gasteiger partial charge is 0.481 e. The number of fused-ring (bicyclic) bond motifs is 2. The number of rotatable bonds is 5. The molecule has 1 saturated heterocycles. The molecule has 8 heteroatoms. The highest BCUT2D eigenvalue weighted by atomic mass is 16.5. The molecule has 36 heavy (non-hydrogen) atoms. The molecule has 0 bridgehead atoms. The highest BCUT2D eigenvalue weighted by molar-refractivity contribution is 5.97. The van der Waals surface area contributed by atoms with Crippen LogP contribution in [0.2, 0.25) is 0 Å². The Bertz CT molecular complexity index is 1540. The Morgan fingerprint density at radius 1 is 1.11 bits per heavy atom. The minimum absolute atomic E-state index is 0.0994. The Morgan fingerprint density at radius 2 is 2.03 bits per heavy atom. The van der Waals surface area contributed by atoms with Gasteiger partial charge in [0.2, 0.25) is 5.88 Å². The number of nitrogens with one attached hydrogen (secondary N) is 1. The number of methoxy groups -OCH3 is 1. The SMILES string of the molecule is COc1ccc([C@H](c2cnc3cc(N)cc(-c4ccc5ccn(C)c5c4)c3n2)C2CNCCO2)cn1. The van der Waals surface area contributed by atoms with Crippen LogP contribution in [0.4, 0.5) is 5.69 Å². The fraction of sp³-hybridized carbons (Fsp3) is 0.250. The number of pyridine rings is 1. The third kappa shape index (κ3) is 4.04. The van der Waals surface area contributed by atoms with Gasteiger partial charge in [0.15, 0.2) is 0 Å². The van der Waals surface area contributed by atoms with Crippen LogP contribution in [0.15, 0.2) is 67.1 Å². The van der Waals surface area contributed by atoms with Gasteiger partial charge in [-0.05, 0) is 40.8 Å². The molecule has 0 aliphatic carbocycles. The molecule has 0 amide bonds. The van der Waals surface area contributed by atoms with E-state index in [9.17, 15) is 0 Å². The molecule has 2 atom stereocenters. The average Bonchev–Trinajstić information content (AvgIpc) is 3.29. The van der Waals surface area contributed by atoms with Crippen molar-refractivity contribution in [3.8, 4) is 17.0 Å². The van der Waals surface area contributed by atoms with Gasteiger partial charge < -0.3 is 25.1 Å². The van der Waals surface area contributed by atoms with Crippen molar-refractivity contribution >= 4 is 27.6 Å². The molecule has 1 aliphatic rings. The highest BCUT2D eigenvalue weighted by Crippen LogP contribution is 2.35. The summed E-state index contributed by atoms with van der Waals surface area (Å²) >= 11 is 0. The number of anilines is 1. The van der Waals surface area contributed by atoms with E-state index in [1.807, 2.05) is 43.7 Å². The predicted octanol–water partition coefficient (Wildman–Crippen LogP) is 3.89. The standard InChI is InChI=1S/C28H28N6O2/c1-34-9-7-17-3-4-18(11-24(17)34)21-12-20(29)13-22-28(21)33-23(15-31-22)27(25-16-30-8-10-36-25)19-5-6-26(35-2)32-14-19/h3-7,9,11-15,25,27,30H,8,10,16,29H2,1-2H3/t25?,27-/m1/s1. The quantitative estimate of drug-likeness (QED) is 0.368. The second-order valence-corrected chi connectivity index (χ2v) is 9.16. The number of aromatic nitrogens is 4. The lowest BCUT2D eigenvalue weighted by Crippen LogP contribution is -2.42. The van der Waals surface area contributed by atoms with Crippen molar-refractivity contribution in [2.45, 2.75) is 12.0 Å². The molecule has 1 aliphatic heterocycles. The van der Waals surface area contributed by atoms with E-state index in [1.165, 1.54) is 5.39 Å². The molecule has 5 aromatic rings. The maximum atomic E-state index is 6.30. The van der Waals surface area contributed by atoms with Crippen LogP contribution < -0.4 is 15.8 Å². The van der Waals surface area contributed by atoms with Crippen molar-refractivity contribution in [3.63, 3.8) is 0 Å². The number of nitrogens with two attached hydrogens (primary N) is 1. The summed E-state index contributed by atoms with van der Waals surface area (Å²) in [5.41, 5.74) is 13.5. The number of hydrogen-bond donors (Lipinski definition) is 2. The summed E-state index contributed by atoms with van der Waals surface area (Å²) in [5, 5.41) is 4.63. The zero-order chi connectivity index (χ0) is 24.6. The van der Waals surface area contributed by atoms with Gasteiger partial charge in [0.1, 0.15) is 0 Å². The molecule has 0 radical (unpaired) electrons. The average molecular weight is 481 g/mol. The van der Waals surface area contributed by atoms with Gasteiger partial charge in [-0.25, -0.2) is 9.97 Å². The maximum Gasteiger partial charge on any atom is 0.212 e. The van der Waals surface area contributed by atoms with Crippen molar-refractivity contribution in [2.75, 3.05) is 32.5 Å². The van der Waals surface area contributed by atoms with E-state index in [-0.39, 0.29) is 12.0 Å². The summed E-state index contributed by atoms with van der Waals surface area (Å²) < 4.78 is 13.6. The summed E-state index contributed by atoms with van der Waals surface area (Å²) in [4.78, 5) is 14.4. The van der Waals surface area contributed by atoms with Gasteiger partial charge in [-0.1, -0.05) is 18.2 Å². The summed E-state index contributed by atoms with van der Waals surface area (Å²) in [6.45, 7) is 2.19. The van der Waals surface area contributed by atoms with Gasteiger partial charge in [0.25, 0.3) is 0 Å². The molecule has 2 aromatic carbocycles. The molecule has 6 rings (SSSR count). The molecule has 3 N–H and O–H groups in total. The number of aryl methyl sites for hydroxylation is 1. The molecular formula is C28H28N6O2. The van der Waals surface area contributed by atoms with Gasteiger partial charge in [-0.2, -0.15) is 0 Å². The first-order valence-corrected chi connectivity index (χ1v) is 12.0. The molecule has 4 heterocycles. The Morgan fingerprint density at radius 3 is 2.81 bits per heavy atom. The summed E-state index contributed by atoms with van der Waals surface area (Å²) in [5.74, 6) is 0.424. The number of morpholine rings is 1.